The number of aromatic nitrogens is 2. The predicted octanol–water partition coefficient (Wildman–Crippen LogP) is 0.402. The van der Waals surface area contributed by atoms with Crippen LogP contribution in [0.3, 0.4) is 0 Å². The van der Waals surface area contributed by atoms with Gasteiger partial charge in [0.2, 0.25) is 0 Å². The van der Waals surface area contributed by atoms with Crippen LogP contribution in [0.4, 0.5) is 0 Å². The molecule has 7 heteroatoms. The molecule has 3 N–H and O–H groups in total. The lowest BCUT2D eigenvalue weighted by Crippen LogP contribution is -2.23. The number of H-pyrrole nitrogens is 1. The van der Waals surface area contributed by atoms with E-state index in [1.165, 1.54) is 0 Å². The molecule has 0 saturated heterocycles. The fourth-order valence-corrected chi connectivity index (χ4v) is 1.65. The second kappa shape index (κ2) is 6.67. The first-order chi connectivity index (χ1) is 9.69. The van der Waals surface area contributed by atoms with Crippen molar-refractivity contribution in [3.05, 3.63) is 51.8 Å². The van der Waals surface area contributed by atoms with Crippen molar-refractivity contribution in [3.8, 4) is 0 Å². The highest BCUT2D eigenvalue weighted by Gasteiger charge is 2.07. The average molecular weight is 276 g/mol. The Morgan fingerprint density at radius 2 is 2.05 bits per heavy atom. The molecule has 1 amide bonds. The van der Waals surface area contributed by atoms with Gasteiger partial charge in [0.25, 0.3) is 5.91 Å². The standard InChI is InChI=1S/C13H16N4O3/c1-2-14-7-9-3-5-10(6-4-9)12(18)15-8-11-16-13(19)20-17-11/h3-6,14H,2,7-8H2,1H3,(H,15,18)(H,16,17,19). The molecule has 1 aromatic carbocycles. The minimum atomic E-state index is -0.637. The summed E-state index contributed by atoms with van der Waals surface area (Å²) in [6, 6.07) is 7.31. The summed E-state index contributed by atoms with van der Waals surface area (Å²) in [5, 5.41) is 9.32. The number of amides is 1. The number of carbonyl (C=O) groups is 1. The van der Waals surface area contributed by atoms with Crippen LogP contribution in [0.15, 0.2) is 33.6 Å². The van der Waals surface area contributed by atoms with Gasteiger partial charge >= 0.3 is 5.76 Å². The zero-order chi connectivity index (χ0) is 14.4. The van der Waals surface area contributed by atoms with Crippen LogP contribution in [0, 0.1) is 0 Å². The van der Waals surface area contributed by atoms with Gasteiger partial charge in [0, 0.05) is 12.1 Å². The van der Waals surface area contributed by atoms with Gasteiger partial charge in [-0.3, -0.25) is 14.3 Å². The Bertz CT molecular complexity index is 615. The van der Waals surface area contributed by atoms with Gasteiger partial charge in [-0.1, -0.05) is 24.2 Å². The average Bonchev–Trinajstić information content (AvgIpc) is 2.89. The lowest BCUT2D eigenvalue weighted by atomic mass is 10.1. The Balaban J connectivity index is 1.90. The van der Waals surface area contributed by atoms with Gasteiger partial charge in [0.15, 0.2) is 5.82 Å². The molecule has 2 rings (SSSR count). The Morgan fingerprint density at radius 1 is 1.30 bits per heavy atom. The summed E-state index contributed by atoms with van der Waals surface area (Å²) in [7, 11) is 0. The molecule has 0 radical (unpaired) electrons. The lowest BCUT2D eigenvalue weighted by molar-refractivity contribution is 0.0949. The van der Waals surface area contributed by atoms with Crippen LogP contribution in [0.5, 0.6) is 0 Å². The van der Waals surface area contributed by atoms with E-state index in [1.807, 2.05) is 19.1 Å². The van der Waals surface area contributed by atoms with Crippen LogP contribution < -0.4 is 16.4 Å². The summed E-state index contributed by atoms with van der Waals surface area (Å²) >= 11 is 0. The highest BCUT2D eigenvalue weighted by atomic mass is 16.5. The Labute approximate surface area is 115 Å². The number of hydrogen-bond acceptors (Lipinski definition) is 5. The highest BCUT2D eigenvalue weighted by Crippen LogP contribution is 2.04. The Hall–Kier alpha value is -2.41. The van der Waals surface area contributed by atoms with E-state index in [0.29, 0.717) is 5.56 Å². The number of nitrogens with one attached hydrogen (secondary N) is 3. The third-order valence-electron chi connectivity index (χ3n) is 2.70. The van der Waals surface area contributed by atoms with Crippen LogP contribution in [0.1, 0.15) is 28.7 Å². The smallest absolute Gasteiger partial charge is 0.345 e. The fourth-order valence-electron chi connectivity index (χ4n) is 1.65. The molecule has 0 aliphatic heterocycles. The summed E-state index contributed by atoms with van der Waals surface area (Å²) in [5.41, 5.74) is 1.67. The van der Waals surface area contributed by atoms with Crippen molar-refractivity contribution in [1.29, 1.82) is 0 Å². The van der Waals surface area contributed by atoms with Crippen LogP contribution in [0.2, 0.25) is 0 Å². The maximum absolute atomic E-state index is 11.9. The number of rotatable bonds is 6. The summed E-state index contributed by atoms with van der Waals surface area (Å²) in [6.45, 7) is 3.83. The summed E-state index contributed by atoms with van der Waals surface area (Å²) < 4.78 is 4.34. The molecule has 0 atom stereocenters. The van der Waals surface area contributed by atoms with Crippen molar-refractivity contribution in [1.82, 2.24) is 20.8 Å². The molecule has 20 heavy (non-hydrogen) atoms. The number of hydrogen-bond donors (Lipinski definition) is 3. The topological polar surface area (TPSA) is 100 Å². The molecule has 2 aromatic rings. The third-order valence-corrected chi connectivity index (χ3v) is 2.70. The Kier molecular flexibility index (Phi) is 4.67. The SMILES string of the molecule is CCNCc1ccc(C(=O)NCc2noc(=O)[nH]2)cc1. The van der Waals surface area contributed by atoms with E-state index in [9.17, 15) is 9.59 Å². The fraction of sp³-hybridized carbons (Fsp3) is 0.308. The van der Waals surface area contributed by atoms with E-state index in [1.54, 1.807) is 12.1 Å². The van der Waals surface area contributed by atoms with Crippen molar-refractivity contribution < 1.29 is 9.32 Å². The van der Waals surface area contributed by atoms with E-state index in [-0.39, 0.29) is 18.3 Å². The molecule has 7 nitrogen and oxygen atoms in total. The van der Waals surface area contributed by atoms with Crippen molar-refractivity contribution in [2.45, 2.75) is 20.0 Å². The summed E-state index contributed by atoms with van der Waals surface area (Å²) in [6.07, 6.45) is 0. The van der Waals surface area contributed by atoms with Gasteiger partial charge < -0.3 is 10.6 Å². The van der Waals surface area contributed by atoms with E-state index >= 15 is 0 Å². The Morgan fingerprint density at radius 3 is 2.65 bits per heavy atom. The van der Waals surface area contributed by atoms with Gasteiger partial charge in [-0.25, -0.2) is 4.79 Å². The minimum absolute atomic E-state index is 0.115. The lowest BCUT2D eigenvalue weighted by Gasteiger charge is -2.05. The number of carbonyl (C=O) groups excluding carboxylic acids is 1. The van der Waals surface area contributed by atoms with Gasteiger partial charge in [0.1, 0.15) is 0 Å². The molecule has 1 aromatic heterocycles. The predicted molar refractivity (Wildman–Crippen MR) is 72.1 cm³/mol. The minimum Gasteiger partial charge on any atom is -0.345 e. The van der Waals surface area contributed by atoms with Gasteiger partial charge in [-0.05, 0) is 24.2 Å². The van der Waals surface area contributed by atoms with Crippen LogP contribution in [-0.2, 0) is 13.1 Å². The van der Waals surface area contributed by atoms with E-state index in [4.69, 9.17) is 0 Å². The number of aromatic amines is 1. The molecule has 0 aliphatic carbocycles. The van der Waals surface area contributed by atoms with Crippen molar-refractivity contribution in [2.75, 3.05) is 6.54 Å². The third kappa shape index (κ3) is 3.79. The molecule has 0 fully saturated rings. The van der Waals surface area contributed by atoms with Gasteiger partial charge in [0.05, 0.1) is 6.54 Å². The second-order valence-electron chi connectivity index (χ2n) is 4.20. The van der Waals surface area contributed by atoms with Gasteiger partial charge in [-0.2, -0.15) is 0 Å². The molecule has 0 unspecified atom stereocenters. The van der Waals surface area contributed by atoms with Crippen LogP contribution >= 0.6 is 0 Å². The first kappa shape index (κ1) is 14.0. The van der Waals surface area contributed by atoms with Crippen LogP contribution in [0.25, 0.3) is 0 Å². The molecule has 106 valence electrons. The zero-order valence-corrected chi connectivity index (χ0v) is 11.1. The molecule has 0 bridgehead atoms. The van der Waals surface area contributed by atoms with Crippen molar-refractivity contribution in [3.63, 3.8) is 0 Å². The highest BCUT2D eigenvalue weighted by molar-refractivity contribution is 5.94. The molecular weight excluding hydrogens is 260 g/mol. The summed E-state index contributed by atoms with van der Waals surface area (Å²) in [5.74, 6) is -0.585. The zero-order valence-electron chi connectivity index (χ0n) is 11.1. The first-order valence-corrected chi connectivity index (χ1v) is 6.31. The second-order valence-corrected chi connectivity index (χ2v) is 4.20. The summed E-state index contributed by atoms with van der Waals surface area (Å²) in [4.78, 5) is 25.0. The van der Waals surface area contributed by atoms with E-state index in [0.717, 1.165) is 18.7 Å². The van der Waals surface area contributed by atoms with Gasteiger partial charge in [-0.15, -0.1) is 0 Å². The van der Waals surface area contributed by atoms with E-state index in [2.05, 4.69) is 25.3 Å². The molecule has 0 spiro atoms. The van der Waals surface area contributed by atoms with E-state index < -0.39 is 5.76 Å². The monoisotopic (exact) mass is 276 g/mol. The molecule has 0 saturated carbocycles. The van der Waals surface area contributed by atoms with Crippen molar-refractivity contribution in [2.24, 2.45) is 0 Å². The quantitative estimate of drug-likeness (QED) is 0.709. The number of nitrogens with zero attached hydrogens (tertiary/aromatic N) is 1. The first-order valence-electron chi connectivity index (χ1n) is 6.31. The van der Waals surface area contributed by atoms with Crippen molar-refractivity contribution >= 4 is 5.91 Å². The normalized spacial score (nSPS) is 10.4. The molecule has 0 aliphatic rings. The maximum atomic E-state index is 11.9. The van der Waals surface area contributed by atoms with Crippen LogP contribution in [-0.4, -0.2) is 22.6 Å². The molecule has 1 heterocycles. The maximum Gasteiger partial charge on any atom is 0.438 e. The largest absolute Gasteiger partial charge is 0.438 e. The molecular formula is C13H16N4O3. The number of benzene rings is 1.